The zero-order valence-corrected chi connectivity index (χ0v) is 8.91. The van der Waals surface area contributed by atoms with Crippen LogP contribution in [0.3, 0.4) is 0 Å². The van der Waals surface area contributed by atoms with E-state index in [1.165, 1.54) is 24.4 Å². The molecule has 1 heterocycles. The van der Waals surface area contributed by atoms with Crippen molar-refractivity contribution in [3.8, 4) is 11.6 Å². The molecule has 5 heteroatoms. The summed E-state index contributed by atoms with van der Waals surface area (Å²) >= 11 is 5.68. The number of halogens is 2. The number of hydrogen-bond acceptors (Lipinski definition) is 3. The molecule has 3 nitrogen and oxygen atoms in total. The lowest BCUT2D eigenvalue weighted by Gasteiger charge is -2.07. The molecule has 0 spiro atoms. The van der Waals surface area contributed by atoms with Crippen molar-refractivity contribution in [1.82, 2.24) is 4.98 Å². The maximum Gasteiger partial charge on any atom is 0.242 e. The molecular formula is C11H8ClFN2O. The molecule has 0 amide bonds. The van der Waals surface area contributed by atoms with E-state index in [1.807, 2.05) is 0 Å². The summed E-state index contributed by atoms with van der Waals surface area (Å²) in [5.41, 5.74) is 5.88. The van der Waals surface area contributed by atoms with E-state index in [4.69, 9.17) is 22.1 Å². The highest BCUT2D eigenvalue weighted by molar-refractivity contribution is 6.30. The second-order valence-corrected chi connectivity index (χ2v) is 3.52. The summed E-state index contributed by atoms with van der Waals surface area (Å²) in [7, 11) is 0. The third kappa shape index (κ3) is 2.23. The van der Waals surface area contributed by atoms with Crippen molar-refractivity contribution in [2.75, 3.05) is 5.73 Å². The molecule has 0 unspecified atom stereocenters. The van der Waals surface area contributed by atoms with Gasteiger partial charge in [-0.05, 0) is 18.2 Å². The predicted molar refractivity (Wildman–Crippen MR) is 60.1 cm³/mol. The predicted octanol–water partition coefficient (Wildman–Crippen LogP) is 3.25. The number of anilines is 1. The highest BCUT2D eigenvalue weighted by Gasteiger charge is 2.07. The van der Waals surface area contributed by atoms with Crippen LogP contribution in [-0.2, 0) is 0 Å². The average Bonchev–Trinajstić information content (AvgIpc) is 2.25. The normalized spacial score (nSPS) is 10.1. The van der Waals surface area contributed by atoms with Crippen molar-refractivity contribution in [3.05, 3.63) is 47.4 Å². The van der Waals surface area contributed by atoms with Gasteiger partial charge in [0.15, 0.2) is 11.6 Å². The van der Waals surface area contributed by atoms with Crippen molar-refractivity contribution in [2.45, 2.75) is 0 Å². The third-order valence-corrected chi connectivity index (χ3v) is 2.10. The van der Waals surface area contributed by atoms with Gasteiger partial charge in [-0.3, -0.25) is 0 Å². The van der Waals surface area contributed by atoms with E-state index in [9.17, 15) is 4.39 Å². The van der Waals surface area contributed by atoms with E-state index in [-0.39, 0.29) is 17.3 Å². The molecule has 0 saturated heterocycles. The Morgan fingerprint density at radius 1 is 1.31 bits per heavy atom. The lowest BCUT2D eigenvalue weighted by molar-refractivity contribution is 0.429. The van der Waals surface area contributed by atoms with Crippen molar-refractivity contribution in [2.24, 2.45) is 0 Å². The number of ether oxygens (including phenoxy) is 1. The van der Waals surface area contributed by atoms with Gasteiger partial charge in [0.2, 0.25) is 5.88 Å². The zero-order valence-electron chi connectivity index (χ0n) is 8.15. The Labute approximate surface area is 96.6 Å². The fourth-order valence-corrected chi connectivity index (χ4v) is 1.33. The van der Waals surface area contributed by atoms with Crippen molar-refractivity contribution in [3.63, 3.8) is 0 Å². The molecule has 2 N–H and O–H groups in total. The zero-order chi connectivity index (χ0) is 11.5. The third-order valence-electron chi connectivity index (χ3n) is 1.89. The molecule has 0 aliphatic rings. The monoisotopic (exact) mass is 238 g/mol. The number of benzene rings is 1. The summed E-state index contributed by atoms with van der Waals surface area (Å²) in [5.74, 6) is -0.267. The lowest BCUT2D eigenvalue weighted by atomic mass is 10.3. The smallest absolute Gasteiger partial charge is 0.242 e. The molecule has 0 radical (unpaired) electrons. The number of pyridine rings is 1. The Morgan fingerprint density at radius 2 is 2.06 bits per heavy atom. The maximum absolute atomic E-state index is 13.3. The molecule has 0 saturated carbocycles. The second kappa shape index (κ2) is 4.37. The van der Waals surface area contributed by atoms with E-state index in [0.29, 0.717) is 5.02 Å². The summed E-state index contributed by atoms with van der Waals surface area (Å²) in [5, 5.41) is 0.401. The van der Waals surface area contributed by atoms with Crippen LogP contribution in [-0.4, -0.2) is 4.98 Å². The van der Waals surface area contributed by atoms with Gasteiger partial charge in [0, 0.05) is 6.20 Å². The molecule has 0 aliphatic carbocycles. The first-order valence-corrected chi connectivity index (χ1v) is 4.88. The summed E-state index contributed by atoms with van der Waals surface area (Å²) in [4.78, 5) is 3.87. The van der Waals surface area contributed by atoms with Crippen LogP contribution in [0, 0.1) is 5.82 Å². The summed E-state index contributed by atoms with van der Waals surface area (Å²) in [6.45, 7) is 0. The molecule has 16 heavy (non-hydrogen) atoms. The van der Waals surface area contributed by atoms with E-state index in [0.717, 1.165) is 0 Å². The van der Waals surface area contributed by atoms with Crippen molar-refractivity contribution >= 4 is 17.3 Å². The fraction of sp³-hybridized carbons (Fsp3) is 0. The first-order valence-electron chi connectivity index (χ1n) is 4.50. The molecule has 2 aromatic rings. The van der Waals surface area contributed by atoms with Gasteiger partial charge in [0.05, 0.1) is 10.7 Å². The molecule has 1 aromatic carbocycles. The Balaban J connectivity index is 2.31. The molecule has 1 aromatic heterocycles. The van der Waals surface area contributed by atoms with Crippen LogP contribution in [0.25, 0.3) is 0 Å². The van der Waals surface area contributed by atoms with Gasteiger partial charge in [-0.2, -0.15) is 0 Å². The summed E-state index contributed by atoms with van der Waals surface area (Å²) in [6, 6.07) is 7.50. The molecule has 2 rings (SSSR count). The van der Waals surface area contributed by atoms with Gasteiger partial charge < -0.3 is 10.5 Å². The fourth-order valence-electron chi connectivity index (χ4n) is 1.16. The average molecular weight is 239 g/mol. The van der Waals surface area contributed by atoms with Crippen LogP contribution >= 0.6 is 11.6 Å². The number of nitrogens with zero attached hydrogens (tertiary/aromatic N) is 1. The number of rotatable bonds is 2. The highest BCUT2D eigenvalue weighted by Crippen LogP contribution is 2.28. The van der Waals surface area contributed by atoms with E-state index in [1.54, 1.807) is 12.1 Å². The highest BCUT2D eigenvalue weighted by atomic mass is 35.5. The first kappa shape index (κ1) is 10.7. The van der Waals surface area contributed by atoms with Crippen LogP contribution in [0.15, 0.2) is 36.5 Å². The number of nitrogen functional groups attached to an aromatic ring is 1. The van der Waals surface area contributed by atoms with Gasteiger partial charge in [-0.15, -0.1) is 0 Å². The molecule has 0 fully saturated rings. The SMILES string of the molecule is Nc1cc(Cl)cnc1Oc1ccccc1F. The van der Waals surface area contributed by atoms with Gasteiger partial charge in [-0.25, -0.2) is 9.37 Å². The Bertz CT molecular complexity index is 519. The van der Waals surface area contributed by atoms with Crippen LogP contribution in [0.2, 0.25) is 5.02 Å². The molecule has 82 valence electrons. The van der Waals surface area contributed by atoms with E-state index in [2.05, 4.69) is 4.98 Å². The molecule has 0 bridgehead atoms. The van der Waals surface area contributed by atoms with Gasteiger partial charge in [0.1, 0.15) is 0 Å². The molecular weight excluding hydrogens is 231 g/mol. The largest absolute Gasteiger partial charge is 0.434 e. The van der Waals surface area contributed by atoms with Gasteiger partial charge in [-0.1, -0.05) is 23.7 Å². The number of nitrogens with two attached hydrogens (primary N) is 1. The van der Waals surface area contributed by atoms with Crippen LogP contribution in [0.1, 0.15) is 0 Å². The number of hydrogen-bond donors (Lipinski definition) is 1. The Morgan fingerprint density at radius 3 is 2.75 bits per heavy atom. The maximum atomic E-state index is 13.3. The lowest BCUT2D eigenvalue weighted by Crippen LogP contribution is -1.96. The van der Waals surface area contributed by atoms with Crippen molar-refractivity contribution < 1.29 is 9.13 Å². The number of para-hydroxylation sites is 1. The van der Waals surface area contributed by atoms with Crippen molar-refractivity contribution in [1.29, 1.82) is 0 Å². The minimum absolute atomic E-state index is 0.0732. The Kier molecular flexibility index (Phi) is 2.92. The van der Waals surface area contributed by atoms with Gasteiger partial charge in [0.25, 0.3) is 0 Å². The quantitative estimate of drug-likeness (QED) is 0.874. The van der Waals surface area contributed by atoms with Crippen LogP contribution < -0.4 is 10.5 Å². The van der Waals surface area contributed by atoms with E-state index >= 15 is 0 Å². The van der Waals surface area contributed by atoms with Crippen LogP contribution in [0.5, 0.6) is 11.6 Å². The van der Waals surface area contributed by atoms with Crippen LogP contribution in [0.4, 0.5) is 10.1 Å². The van der Waals surface area contributed by atoms with Gasteiger partial charge >= 0.3 is 0 Å². The second-order valence-electron chi connectivity index (χ2n) is 3.08. The van der Waals surface area contributed by atoms with E-state index < -0.39 is 5.82 Å². The number of aromatic nitrogens is 1. The first-order chi connectivity index (χ1) is 7.66. The molecule has 0 aliphatic heterocycles. The topological polar surface area (TPSA) is 48.1 Å². The summed E-state index contributed by atoms with van der Waals surface area (Å²) in [6.07, 6.45) is 1.38. The minimum Gasteiger partial charge on any atom is -0.434 e. The Hall–Kier alpha value is -1.81. The summed E-state index contributed by atoms with van der Waals surface area (Å²) < 4.78 is 18.5. The molecule has 0 atom stereocenters. The minimum atomic E-state index is -0.473. The standard InChI is InChI=1S/C11H8ClFN2O/c12-7-5-9(14)11(15-6-7)16-10-4-2-1-3-8(10)13/h1-6H,14H2.